The van der Waals surface area contributed by atoms with Gasteiger partial charge in [0.25, 0.3) is 0 Å². The predicted octanol–water partition coefficient (Wildman–Crippen LogP) is 5.77. The molecule has 1 aromatic heterocycles. The maximum absolute atomic E-state index is 12.8. The van der Waals surface area contributed by atoms with Crippen LogP contribution in [0.1, 0.15) is 45.4 Å². The van der Waals surface area contributed by atoms with Crippen molar-refractivity contribution in [2.45, 2.75) is 62.4 Å². The van der Waals surface area contributed by atoms with Crippen LogP contribution in [0.4, 0.5) is 5.69 Å². The van der Waals surface area contributed by atoms with Crippen molar-refractivity contribution >= 4 is 38.2 Å². The van der Waals surface area contributed by atoms with Gasteiger partial charge >= 0.3 is 0 Å². The molecular weight excluding hydrogens is 458 g/mol. The summed E-state index contributed by atoms with van der Waals surface area (Å²) in [6, 6.07) is 14.6. The van der Waals surface area contributed by atoms with Crippen molar-refractivity contribution in [1.82, 2.24) is 9.71 Å². The lowest BCUT2D eigenvalue weighted by Crippen LogP contribution is -2.40. The maximum atomic E-state index is 12.8. The molecule has 0 spiro atoms. The van der Waals surface area contributed by atoms with Gasteiger partial charge in [-0.25, -0.2) is 13.1 Å². The van der Waals surface area contributed by atoms with Gasteiger partial charge in [0.2, 0.25) is 10.0 Å². The highest BCUT2D eigenvalue weighted by molar-refractivity contribution is 7.89. The second kappa shape index (κ2) is 10.7. The van der Waals surface area contributed by atoms with Gasteiger partial charge in [0.1, 0.15) is 5.75 Å². The molecule has 2 aromatic carbocycles. The van der Waals surface area contributed by atoms with Crippen molar-refractivity contribution in [3.63, 3.8) is 0 Å². The fourth-order valence-corrected chi connectivity index (χ4v) is 5.63. The molecule has 0 aliphatic heterocycles. The van der Waals surface area contributed by atoms with E-state index in [2.05, 4.69) is 21.9 Å². The van der Waals surface area contributed by atoms with Crippen molar-refractivity contribution in [1.29, 1.82) is 0 Å². The zero-order chi connectivity index (χ0) is 23.3. The molecule has 2 N–H and O–H groups in total. The molecule has 6 nitrogen and oxygen atoms in total. The number of hydrogen-bond acceptors (Lipinski definition) is 5. The minimum absolute atomic E-state index is 0.0680. The highest BCUT2D eigenvalue weighted by Gasteiger charge is 2.26. The molecule has 0 atom stereocenters. The first-order chi connectivity index (χ1) is 15.9. The lowest BCUT2D eigenvalue weighted by atomic mass is 9.91. The Morgan fingerprint density at radius 1 is 1.03 bits per heavy atom. The number of rotatable bonds is 9. The molecule has 1 saturated carbocycles. The van der Waals surface area contributed by atoms with E-state index in [1.165, 1.54) is 0 Å². The van der Waals surface area contributed by atoms with Gasteiger partial charge in [-0.3, -0.25) is 4.98 Å². The number of sulfonamides is 1. The van der Waals surface area contributed by atoms with Crippen LogP contribution in [0.15, 0.2) is 59.6 Å². The molecule has 0 unspecified atom stereocenters. The molecule has 1 aliphatic rings. The second-order valence-electron chi connectivity index (χ2n) is 8.51. The number of nitrogens with zero attached hydrogens (tertiary/aromatic N) is 1. The molecular formula is C25H30ClN3O3S. The van der Waals surface area contributed by atoms with Crippen LogP contribution >= 0.6 is 11.6 Å². The van der Waals surface area contributed by atoms with Crippen molar-refractivity contribution in [3.8, 4) is 5.75 Å². The van der Waals surface area contributed by atoms with Crippen LogP contribution in [-0.4, -0.2) is 32.1 Å². The third-order valence-electron chi connectivity index (χ3n) is 6.01. The molecule has 0 saturated heterocycles. The second-order valence-corrected chi connectivity index (χ2v) is 10.7. The standard InChI is InChI=1S/C25H30ClN3O3S/c1-2-3-16-32-21-9-11-22(12-10-21)33(30,31)29-20-7-5-19(6-8-20)28-24-14-15-27-25-17-18(26)4-13-23(24)25/h4,9-15,17,19-20,29H,2-3,5-8,16H2,1H3,(H,27,28). The Hall–Kier alpha value is -2.35. The normalized spacial score (nSPS) is 18.8. The van der Waals surface area contributed by atoms with Crippen LogP contribution in [0.25, 0.3) is 10.9 Å². The lowest BCUT2D eigenvalue weighted by molar-refractivity contribution is 0.309. The van der Waals surface area contributed by atoms with Gasteiger partial charge in [0.05, 0.1) is 17.0 Å². The Kier molecular flexibility index (Phi) is 7.73. The number of benzene rings is 2. The summed E-state index contributed by atoms with van der Waals surface area (Å²) in [5.41, 5.74) is 1.89. The van der Waals surface area contributed by atoms with Gasteiger partial charge in [-0.05, 0) is 80.6 Å². The van der Waals surface area contributed by atoms with Crippen LogP contribution in [-0.2, 0) is 10.0 Å². The summed E-state index contributed by atoms with van der Waals surface area (Å²) in [7, 11) is -3.56. The molecule has 176 valence electrons. The molecule has 1 heterocycles. The molecule has 4 rings (SSSR count). The summed E-state index contributed by atoms with van der Waals surface area (Å²) in [5.74, 6) is 0.694. The van der Waals surface area contributed by atoms with Crippen LogP contribution in [0.3, 0.4) is 0 Å². The Balaban J connectivity index is 1.32. The van der Waals surface area contributed by atoms with E-state index in [0.29, 0.717) is 17.4 Å². The van der Waals surface area contributed by atoms with Crippen molar-refractivity contribution in [2.75, 3.05) is 11.9 Å². The van der Waals surface area contributed by atoms with Crippen molar-refractivity contribution in [2.24, 2.45) is 0 Å². The van der Waals surface area contributed by atoms with E-state index in [9.17, 15) is 8.42 Å². The first-order valence-electron chi connectivity index (χ1n) is 11.5. The summed E-state index contributed by atoms with van der Waals surface area (Å²) in [6.07, 6.45) is 7.14. The van der Waals surface area contributed by atoms with Crippen LogP contribution in [0.2, 0.25) is 5.02 Å². The number of halogens is 1. The molecule has 1 aliphatic carbocycles. The minimum Gasteiger partial charge on any atom is -0.494 e. The smallest absolute Gasteiger partial charge is 0.240 e. The summed E-state index contributed by atoms with van der Waals surface area (Å²) in [4.78, 5) is 4.66. The molecule has 0 bridgehead atoms. The first-order valence-corrected chi connectivity index (χ1v) is 13.4. The lowest BCUT2D eigenvalue weighted by Gasteiger charge is -2.30. The number of fused-ring (bicyclic) bond motifs is 1. The average Bonchev–Trinajstić information content (AvgIpc) is 2.81. The predicted molar refractivity (Wildman–Crippen MR) is 134 cm³/mol. The topological polar surface area (TPSA) is 80.3 Å². The molecule has 0 amide bonds. The van der Waals surface area contributed by atoms with Gasteiger partial charge in [-0.15, -0.1) is 0 Å². The Labute approximate surface area is 200 Å². The number of unbranched alkanes of at least 4 members (excludes halogenated alkanes) is 1. The first kappa shape index (κ1) is 23.8. The highest BCUT2D eigenvalue weighted by atomic mass is 35.5. The van der Waals surface area contributed by atoms with E-state index in [4.69, 9.17) is 16.3 Å². The molecule has 8 heteroatoms. The van der Waals surface area contributed by atoms with E-state index >= 15 is 0 Å². The number of nitrogens with one attached hydrogen (secondary N) is 2. The summed E-state index contributed by atoms with van der Waals surface area (Å²) in [5, 5.41) is 5.31. The van der Waals surface area contributed by atoms with Gasteiger partial charge in [0.15, 0.2) is 0 Å². The van der Waals surface area contributed by atoms with Crippen LogP contribution in [0.5, 0.6) is 5.75 Å². The SMILES string of the molecule is CCCCOc1ccc(S(=O)(=O)NC2CCC(Nc3ccnc4cc(Cl)ccc34)CC2)cc1. The molecule has 1 fully saturated rings. The van der Waals surface area contributed by atoms with E-state index in [0.717, 1.165) is 55.1 Å². The van der Waals surface area contributed by atoms with E-state index in [-0.39, 0.29) is 17.0 Å². The fraction of sp³-hybridized carbons (Fsp3) is 0.400. The summed E-state index contributed by atoms with van der Waals surface area (Å²) in [6.45, 7) is 2.74. The van der Waals surface area contributed by atoms with E-state index < -0.39 is 10.0 Å². The highest BCUT2D eigenvalue weighted by Crippen LogP contribution is 2.29. The van der Waals surface area contributed by atoms with Crippen molar-refractivity contribution in [3.05, 3.63) is 59.8 Å². The van der Waals surface area contributed by atoms with Gasteiger partial charge < -0.3 is 10.1 Å². The number of aromatic nitrogens is 1. The Bertz CT molecular complexity index is 1180. The van der Waals surface area contributed by atoms with Gasteiger partial charge in [0, 0.05) is 34.4 Å². The van der Waals surface area contributed by atoms with Crippen LogP contribution in [0, 0.1) is 0 Å². The van der Waals surface area contributed by atoms with E-state index in [1.807, 2.05) is 24.3 Å². The summed E-state index contributed by atoms with van der Waals surface area (Å²) < 4.78 is 34.2. The van der Waals surface area contributed by atoms with Crippen molar-refractivity contribution < 1.29 is 13.2 Å². The minimum atomic E-state index is -3.56. The fourth-order valence-electron chi connectivity index (χ4n) is 4.16. The Morgan fingerprint density at radius 3 is 2.48 bits per heavy atom. The monoisotopic (exact) mass is 487 g/mol. The molecule has 3 aromatic rings. The largest absolute Gasteiger partial charge is 0.494 e. The molecule has 33 heavy (non-hydrogen) atoms. The van der Waals surface area contributed by atoms with E-state index in [1.54, 1.807) is 30.5 Å². The average molecular weight is 488 g/mol. The van der Waals surface area contributed by atoms with Gasteiger partial charge in [-0.1, -0.05) is 24.9 Å². The molecule has 0 radical (unpaired) electrons. The Morgan fingerprint density at radius 2 is 1.76 bits per heavy atom. The number of ether oxygens (including phenoxy) is 1. The maximum Gasteiger partial charge on any atom is 0.240 e. The zero-order valence-electron chi connectivity index (χ0n) is 18.8. The zero-order valence-corrected chi connectivity index (χ0v) is 20.3. The number of pyridine rings is 1. The third kappa shape index (κ3) is 6.16. The number of hydrogen-bond donors (Lipinski definition) is 2. The summed E-state index contributed by atoms with van der Waals surface area (Å²) >= 11 is 6.09. The van der Waals surface area contributed by atoms with Crippen LogP contribution < -0.4 is 14.8 Å². The quantitative estimate of drug-likeness (QED) is 0.374. The third-order valence-corrected chi connectivity index (χ3v) is 7.79. The number of anilines is 1. The van der Waals surface area contributed by atoms with Gasteiger partial charge in [-0.2, -0.15) is 0 Å².